The van der Waals surface area contributed by atoms with Crippen molar-refractivity contribution in [2.45, 2.75) is 38.6 Å². The Morgan fingerprint density at radius 3 is 2.54 bits per heavy atom. The first-order valence-electron chi connectivity index (χ1n) is 9.86. The number of amides is 1. The Kier molecular flexibility index (Phi) is 5.03. The van der Waals surface area contributed by atoms with Crippen molar-refractivity contribution in [3.8, 4) is 0 Å². The van der Waals surface area contributed by atoms with Gasteiger partial charge in [0, 0.05) is 31.4 Å². The highest BCUT2D eigenvalue weighted by atomic mass is 16.3. The van der Waals surface area contributed by atoms with Gasteiger partial charge in [0.25, 0.3) is 0 Å². The number of hydrogen-bond donors (Lipinski definition) is 0. The second-order valence-electron chi connectivity index (χ2n) is 7.86. The van der Waals surface area contributed by atoms with E-state index in [0.29, 0.717) is 23.9 Å². The number of nitrogens with zero attached hydrogens (tertiary/aromatic N) is 1. The van der Waals surface area contributed by atoms with Crippen molar-refractivity contribution in [1.82, 2.24) is 4.90 Å². The summed E-state index contributed by atoms with van der Waals surface area (Å²) in [6.07, 6.45) is 1.60. The Morgan fingerprint density at radius 1 is 1.04 bits per heavy atom. The minimum absolute atomic E-state index is 0.00416. The molecule has 0 N–H and O–H groups in total. The van der Waals surface area contributed by atoms with Gasteiger partial charge in [0.15, 0.2) is 5.78 Å². The van der Waals surface area contributed by atoms with E-state index in [1.807, 2.05) is 54.6 Å². The number of Topliss-reactive ketones (excluding diaryl/α,β-unsaturated/α-hetero) is 1. The molecule has 1 fully saturated rings. The number of rotatable bonds is 7. The number of carbonyl (C=O) groups excluding carboxylic acids is 2. The number of hydrogen-bond acceptors (Lipinski definition) is 3. The third kappa shape index (κ3) is 4.01. The summed E-state index contributed by atoms with van der Waals surface area (Å²) in [5, 5.41) is 2.14. The molecule has 3 aromatic rings. The van der Waals surface area contributed by atoms with Gasteiger partial charge in [0.2, 0.25) is 5.91 Å². The highest BCUT2D eigenvalue weighted by Crippen LogP contribution is 2.47. The van der Waals surface area contributed by atoms with Crippen LogP contribution in [0.1, 0.15) is 54.0 Å². The van der Waals surface area contributed by atoms with E-state index in [9.17, 15) is 9.59 Å². The summed E-state index contributed by atoms with van der Waals surface area (Å²) in [4.78, 5) is 26.6. The van der Waals surface area contributed by atoms with Crippen LogP contribution in [0, 0.1) is 5.92 Å². The van der Waals surface area contributed by atoms with Gasteiger partial charge in [0.1, 0.15) is 11.5 Å². The van der Waals surface area contributed by atoms with Crippen molar-refractivity contribution in [1.29, 1.82) is 0 Å². The van der Waals surface area contributed by atoms with E-state index < -0.39 is 0 Å². The van der Waals surface area contributed by atoms with Crippen LogP contribution < -0.4 is 0 Å². The van der Waals surface area contributed by atoms with Gasteiger partial charge >= 0.3 is 0 Å². The van der Waals surface area contributed by atoms with Crippen LogP contribution in [0.4, 0.5) is 0 Å². The van der Waals surface area contributed by atoms with E-state index in [2.05, 4.69) is 6.92 Å². The standard InChI is InChI=1S/C24H25NO3/c1-16-13-21(16)23-11-9-20(28-23)15-25(2)24(27)12-10-22(26)19-8-7-17-5-3-4-6-18(17)14-19/h3-9,11,14,16,21H,10,12-13,15H2,1-2H3/t16-,21+/m1/s1. The van der Waals surface area contributed by atoms with Gasteiger partial charge in [0.05, 0.1) is 6.54 Å². The average molecular weight is 375 g/mol. The quantitative estimate of drug-likeness (QED) is 0.535. The molecule has 0 radical (unpaired) electrons. The van der Waals surface area contributed by atoms with Crippen LogP contribution in [0.5, 0.6) is 0 Å². The molecule has 0 unspecified atom stereocenters. The van der Waals surface area contributed by atoms with Crippen molar-refractivity contribution >= 4 is 22.5 Å². The van der Waals surface area contributed by atoms with E-state index in [1.165, 1.54) is 6.42 Å². The van der Waals surface area contributed by atoms with E-state index in [1.54, 1.807) is 11.9 Å². The molecule has 4 nitrogen and oxygen atoms in total. The molecule has 4 heteroatoms. The predicted octanol–water partition coefficient (Wildman–Crippen LogP) is 5.18. The maximum atomic E-state index is 12.5. The molecule has 1 aliphatic carbocycles. The highest BCUT2D eigenvalue weighted by Gasteiger charge is 2.36. The number of furan rings is 1. The van der Waals surface area contributed by atoms with Crippen molar-refractivity contribution in [2.75, 3.05) is 7.05 Å². The van der Waals surface area contributed by atoms with Crippen molar-refractivity contribution in [3.63, 3.8) is 0 Å². The molecule has 1 saturated carbocycles. The zero-order valence-electron chi connectivity index (χ0n) is 16.4. The fraction of sp³-hybridized carbons (Fsp3) is 0.333. The molecule has 1 aliphatic rings. The van der Waals surface area contributed by atoms with Gasteiger partial charge in [-0.2, -0.15) is 0 Å². The second kappa shape index (κ2) is 7.63. The zero-order valence-corrected chi connectivity index (χ0v) is 16.4. The van der Waals surface area contributed by atoms with Gasteiger partial charge in [-0.25, -0.2) is 0 Å². The first kappa shape index (κ1) is 18.5. The van der Waals surface area contributed by atoms with Crippen LogP contribution in [0.15, 0.2) is 59.0 Å². The summed E-state index contributed by atoms with van der Waals surface area (Å²) < 4.78 is 5.87. The van der Waals surface area contributed by atoms with E-state index >= 15 is 0 Å². The van der Waals surface area contributed by atoms with E-state index in [-0.39, 0.29) is 24.5 Å². The highest BCUT2D eigenvalue weighted by molar-refractivity contribution is 6.01. The van der Waals surface area contributed by atoms with Crippen molar-refractivity contribution in [3.05, 3.63) is 71.7 Å². The molecule has 1 aromatic heterocycles. The maximum absolute atomic E-state index is 12.5. The Hall–Kier alpha value is -2.88. The number of carbonyl (C=O) groups is 2. The van der Waals surface area contributed by atoms with Gasteiger partial charge in [-0.1, -0.05) is 43.3 Å². The van der Waals surface area contributed by atoms with Crippen LogP contribution in [0.25, 0.3) is 10.8 Å². The maximum Gasteiger partial charge on any atom is 0.223 e. The summed E-state index contributed by atoms with van der Waals surface area (Å²) in [7, 11) is 1.75. The number of benzene rings is 2. The van der Waals surface area contributed by atoms with Gasteiger partial charge in [-0.3, -0.25) is 9.59 Å². The molecule has 4 rings (SSSR count). The SMILES string of the molecule is C[C@@H]1C[C@@H]1c1ccc(CN(C)C(=O)CCC(=O)c2ccc3ccccc3c2)o1. The smallest absolute Gasteiger partial charge is 0.223 e. The van der Waals surface area contributed by atoms with Crippen LogP contribution in [0.3, 0.4) is 0 Å². The first-order valence-corrected chi connectivity index (χ1v) is 9.86. The third-order valence-electron chi connectivity index (χ3n) is 5.61. The molecular weight excluding hydrogens is 350 g/mol. The summed E-state index contributed by atoms with van der Waals surface area (Å²) in [5.41, 5.74) is 0.656. The van der Waals surface area contributed by atoms with Gasteiger partial charge < -0.3 is 9.32 Å². The average Bonchev–Trinajstić information content (AvgIpc) is 3.26. The second-order valence-corrected chi connectivity index (χ2v) is 7.86. The molecule has 0 saturated heterocycles. The predicted molar refractivity (Wildman–Crippen MR) is 109 cm³/mol. The summed E-state index contributed by atoms with van der Waals surface area (Å²) in [6, 6.07) is 17.6. The molecule has 1 heterocycles. The number of fused-ring (bicyclic) bond motifs is 1. The summed E-state index contributed by atoms with van der Waals surface area (Å²) >= 11 is 0. The molecule has 144 valence electrons. The molecular formula is C24H25NO3. The van der Waals surface area contributed by atoms with Crippen LogP contribution in [0.2, 0.25) is 0 Å². The lowest BCUT2D eigenvalue weighted by Crippen LogP contribution is -2.26. The molecule has 0 aliphatic heterocycles. The molecule has 28 heavy (non-hydrogen) atoms. The van der Waals surface area contributed by atoms with Gasteiger partial charge in [-0.15, -0.1) is 0 Å². The molecule has 0 spiro atoms. The largest absolute Gasteiger partial charge is 0.464 e. The van der Waals surface area contributed by atoms with Crippen LogP contribution in [-0.2, 0) is 11.3 Å². The fourth-order valence-electron chi connectivity index (χ4n) is 3.64. The normalized spacial score (nSPS) is 18.2. The van der Waals surface area contributed by atoms with Crippen LogP contribution in [-0.4, -0.2) is 23.6 Å². The lowest BCUT2D eigenvalue weighted by atomic mass is 10.0. The van der Waals surface area contributed by atoms with Crippen molar-refractivity contribution < 1.29 is 14.0 Å². The summed E-state index contributed by atoms with van der Waals surface area (Å²) in [6.45, 7) is 2.65. The third-order valence-corrected chi connectivity index (χ3v) is 5.61. The Morgan fingerprint density at radius 2 is 1.79 bits per heavy atom. The zero-order chi connectivity index (χ0) is 19.7. The Bertz CT molecular complexity index is 1020. The molecule has 2 aromatic carbocycles. The molecule has 0 bridgehead atoms. The molecule has 1 amide bonds. The topological polar surface area (TPSA) is 50.5 Å². The minimum atomic E-state index is -0.0492. The first-order chi connectivity index (χ1) is 13.5. The Labute approximate surface area is 165 Å². The number of ketones is 1. The lowest BCUT2D eigenvalue weighted by Gasteiger charge is -2.15. The molecule has 2 atom stereocenters. The van der Waals surface area contributed by atoms with Crippen molar-refractivity contribution in [2.24, 2.45) is 5.92 Å². The Balaban J connectivity index is 1.31. The minimum Gasteiger partial charge on any atom is -0.464 e. The fourth-order valence-corrected chi connectivity index (χ4v) is 3.64. The van der Waals surface area contributed by atoms with E-state index in [0.717, 1.165) is 22.3 Å². The van der Waals surface area contributed by atoms with Crippen LogP contribution >= 0.6 is 0 Å². The van der Waals surface area contributed by atoms with E-state index in [4.69, 9.17) is 4.42 Å². The monoisotopic (exact) mass is 375 g/mol. The summed E-state index contributed by atoms with van der Waals surface area (Å²) in [5.74, 6) is 3.00. The lowest BCUT2D eigenvalue weighted by molar-refractivity contribution is -0.130. The van der Waals surface area contributed by atoms with Gasteiger partial charge in [-0.05, 0) is 41.3 Å².